The fraction of sp³-hybridized carbons (Fsp3) is 0.667. The minimum atomic E-state index is -2.98. The third-order valence-corrected chi connectivity index (χ3v) is 7.94. The van der Waals surface area contributed by atoms with Gasteiger partial charge >= 0.3 is 0 Å². The number of hydrogen-bond acceptors (Lipinski definition) is 4. The first kappa shape index (κ1) is 20.3. The van der Waals surface area contributed by atoms with Crippen molar-refractivity contribution in [3.8, 4) is 0 Å². The van der Waals surface area contributed by atoms with E-state index in [0.29, 0.717) is 18.9 Å². The van der Waals surface area contributed by atoms with Gasteiger partial charge in [0.15, 0.2) is 9.84 Å². The van der Waals surface area contributed by atoms with Gasteiger partial charge in [0, 0.05) is 12.6 Å². The van der Waals surface area contributed by atoms with Crippen LogP contribution in [0.4, 0.5) is 0 Å². The molecule has 0 bridgehead atoms. The van der Waals surface area contributed by atoms with Crippen LogP contribution in [0.2, 0.25) is 0 Å². The Bertz CT molecular complexity index is 727. The summed E-state index contributed by atoms with van der Waals surface area (Å²) in [6.07, 6.45) is 3.90. The molecule has 3 rings (SSSR count). The molecule has 1 aromatic carbocycles. The first-order valence-corrected chi connectivity index (χ1v) is 12.0. The first-order valence-electron chi connectivity index (χ1n) is 10.2. The molecule has 2 fully saturated rings. The Kier molecular flexibility index (Phi) is 6.58. The fourth-order valence-electron chi connectivity index (χ4n) is 4.50. The van der Waals surface area contributed by atoms with E-state index in [2.05, 4.69) is 35.2 Å². The molecular formula is C21H32N2O3S. The zero-order valence-corrected chi connectivity index (χ0v) is 17.3. The molecule has 6 heteroatoms. The number of benzene rings is 1. The lowest BCUT2D eigenvalue weighted by molar-refractivity contribution is -0.138. The Morgan fingerprint density at radius 2 is 1.85 bits per heavy atom. The van der Waals surface area contributed by atoms with Crippen LogP contribution in [-0.4, -0.2) is 67.3 Å². The maximum atomic E-state index is 13.0. The summed E-state index contributed by atoms with van der Waals surface area (Å²) in [6, 6.07) is 10.3. The number of carbonyl (C=O) groups excluding carboxylic acids is 1. The van der Waals surface area contributed by atoms with Gasteiger partial charge in [-0.05, 0) is 64.1 Å². The third kappa shape index (κ3) is 5.11. The van der Waals surface area contributed by atoms with Crippen molar-refractivity contribution < 1.29 is 13.2 Å². The summed E-state index contributed by atoms with van der Waals surface area (Å²) < 4.78 is 23.6. The van der Waals surface area contributed by atoms with Gasteiger partial charge in [0.05, 0.1) is 17.5 Å². The van der Waals surface area contributed by atoms with Crippen molar-refractivity contribution in [2.75, 3.05) is 31.1 Å². The zero-order valence-electron chi connectivity index (χ0n) is 16.5. The fourth-order valence-corrected chi connectivity index (χ4v) is 6.23. The Labute approximate surface area is 163 Å². The molecule has 0 saturated carbocycles. The lowest BCUT2D eigenvalue weighted by Gasteiger charge is -2.38. The molecule has 0 aromatic heterocycles. The van der Waals surface area contributed by atoms with Crippen molar-refractivity contribution in [1.29, 1.82) is 0 Å². The highest BCUT2D eigenvalue weighted by Gasteiger charge is 2.37. The lowest BCUT2D eigenvalue weighted by atomic mass is 9.89. The highest BCUT2D eigenvalue weighted by molar-refractivity contribution is 7.91. The van der Waals surface area contributed by atoms with E-state index in [1.807, 2.05) is 13.8 Å². The molecule has 2 saturated heterocycles. The van der Waals surface area contributed by atoms with Crippen molar-refractivity contribution >= 4 is 15.7 Å². The quantitative estimate of drug-likeness (QED) is 0.746. The second-order valence-corrected chi connectivity index (χ2v) is 10.3. The Morgan fingerprint density at radius 1 is 1.19 bits per heavy atom. The summed E-state index contributed by atoms with van der Waals surface area (Å²) in [5.74, 6) is 1.09. The second kappa shape index (κ2) is 8.74. The van der Waals surface area contributed by atoms with Crippen molar-refractivity contribution in [2.24, 2.45) is 5.92 Å². The molecule has 0 radical (unpaired) electrons. The lowest BCUT2D eigenvalue weighted by Crippen LogP contribution is -2.52. The molecule has 27 heavy (non-hydrogen) atoms. The van der Waals surface area contributed by atoms with Crippen LogP contribution in [0, 0.1) is 5.92 Å². The molecule has 0 spiro atoms. The minimum absolute atomic E-state index is 0.0844. The highest BCUT2D eigenvalue weighted by Crippen LogP contribution is 2.25. The average molecular weight is 393 g/mol. The predicted octanol–water partition coefficient (Wildman–Crippen LogP) is 2.37. The van der Waals surface area contributed by atoms with E-state index in [1.54, 1.807) is 4.90 Å². The molecule has 2 heterocycles. The van der Waals surface area contributed by atoms with Crippen molar-refractivity contribution in [3.05, 3.63) is 35.9 Å². The molecule has 1 aromatic rings. The smallest absolute Gasteiger partial charge is 0.239 e. The highest BCUT2D eigenvalue weighted by atomic mass is 32.2. The molecule has 2 aliphatic rings. The summed E-state index contributed by atoms with van der Waals surface area (Å²) in [6.45, 7) is 6.37. The standard InChI is InChI=1S/C21H32N2O3S/c1-3-23(20-11-14-27(25,26)16-20)21(24)17(2)22-12-9-19(10-13-22)15-18-7-5-4-6-8-18/h4-8,17,19-20H,3,9-16H2,1-2H3. The summed E-state index contributed by atoms with van der Waals surface area (Å²) in [7, 11) is -2.98. The minimum Gasteiger partial charge on any atom is -0.338 e. The van der Waals surface area contributed by atoms with Gasteiger partial charge in [-0.3, -0.25) is 9.69 Å². The molecule has 1 amide bonds. The van der Waals surface area contributed by atoms with E-state index in [1.165, 1.54) is 5.56 Å². The predicted molar refractivity (Wildman–Crippen MR) is 108 cm³/mol. The van der Waals surface area contributed by atoms with Crippen molar-refractivity contribution in [3.63, 3.8) is 0 Å². The number of nitrogens with zero attached hydrogens (tertiary/aromatic N) is 2. The van der Waals surface area contributed by atoms with E-state index >= 15 is 0 Å². The van der Waals surface area contributed by atoms with E-state index in [0.717, 1.165) is 32.4 Å². The Balaban J connectivity index is 1.53. The van der Waals surface area contributed by atoms with Crippen LogP contribution in [0.5, 0.6) is 0 Å². The number of piperidine rings is 1. The van der Waals surface area contributed by atoms with E-state index in [-0.39, 0.29) is 29.5 Å². The summed E-state index contributed by atoms with van der Waals surface area (Å²) in [5, 5.41) is 0. The van der Waals surface area contributed by atoms with Gasteiger partial charge in [-0.1, -0.05) is 30.3 Å². The molecule has 0 N–H and O–H groups in total. The van der Waals surface area contributed by atoms with E-state index in [9.17, 15) is 13.2 Å². The van der Waals surface area contributed by atoms with Crippen molar-refractivity contribution in [1.82, 2.24) is 9.80 Å². The largest absolute Gasteiger partial charge is 0.338 e. The molecule has 2 atom stereocenters. The van der Waals surface area contributed by atoms with Gasteiger partial charge in [0.25, 0.3) is 0 Å². The topological polar surface area (TPSA) is 57.7 Å². The third-order valence-electron chi connectivity index (χ3n) is 6.19. The van der Waals surface area contributed by atoms with Crippen LogP contribution in [0.3, 0.4) is 0 Å². The maximum absolute atomic E-state index is 13.0. The van der Waals surface area contributed by atoms with Crippen LogP contribution in [0.1, 0.15) is 38.7 Å². The maximum Gasteiger partial charge on any atom is 0.239 e. The van der Waals surface area contributed by atoms with Gasteiger partial charge in [-0.15, -0.1) is 0 Å². The van der Waals surface area contributed by atoms with Gasteiger partial charge in [0.2, 0.25) is 5.91 Å². The van der Waals surface area contributed by atoms with Crippen LogP contribution in [-0.2, 0) is 21.1 Å². The SMILES string of the molecule is CCN(C(=O)C(C)N1CCC(Cc2ccccc2)CC1)C1CCS(=O)(=O)C1. The number of likely N-dealkylation sites (tertiary alicyclic amines) is 1. The number of hydrogen-bond donors (Lipinski definition) is 0. The molecule has 2 unspecified atom stereocenters. The van der Waals surface area contributed by atoms with Gasteiger partial charge in [0.1, 0.15) is 0 Å². The number of carbonyl (C=O) groups is 1. The monoisotopic (exact) mass is 392 g/mol. The van der Waals surface area contributed by atoms with Crippen LogP contribution < -0.4 is 0 Å². The van der Waals surface area contributed by atoms with E-state index < -0.39 is 9.84 Å². The van der Waals surface area contributed by atoms with Gasteiger partial charge in [-0.25, -0.2) is 8.42 Å². The van der Waals surface area contributed by atoms with E-state index in [4.69, 9.17) is 0 Å². The summed E-state index contributed by atoms with van der Waals surface area (Å²) in [4.78, 5) is 17.1. The molecule has 2 aliphatic heterocycles. The zero-order chi connectivity index (χ0) is 19.4. The molecule has 0 aliphatic carbocycles. The normalized spacial score (nSPS) is 24.6. The summed E-state index contributed by atoms with van der Waals surface area (Å²) in [5.41, 5.74) is 1.39. The number of rotatable bonds is 6. The number of likely N-dealkylation sites (N-methyl/N-ethyl adjacent to an activating group) is 1. The number of amides is 1. The Hall–Kier alpha value is -1.40. The van der Waals surface area contributed by atoms with Crippen LogP contribution >= 0.6 is 0 Å². The molecule has 150 valence electrons. The average Bonchev–Trinajstić information content (AvgIpc) is 3.02. The summed E-state index contributed by atoms with van der Waals surface area (Å²) >= 11 is 0. The second-order valence-electron chi connectivity index (χ2n) is 8.03. The first-order chi connectivity index (χ1) is 12.9. The van der Waals surface area contributed by atoms with Gasteiger partial charge in [-0.2, -0.15) is 0 Å². The van der Waals surface area contributed by atoms with Crippen LogP contribution in [0.25, 0.3) is 0 Å². The number of sulfone groups is 1. The van der Waals surface area contributed by atoms with Crippen molar-refractivity contribution in [2.45, 2.75) is 51.6 Å². The molecule has 5 nitrogen and oxygen atoms in total. The van der Waals surface area contributed by atoms with Crippen LogP contribution in [0.15, 0.2) is 30.3 Å². The molecular weight excluding hydrogens is 360 g/mol. The van der Waals surface area contributed by atoms with Gasteiger partial charge < -0.3 is 4.90 Å². The Morgan fingerprint density at radius 3 is 2.41 bits per heavy atom.